The lowest BCUT2D eigenvalue weighted by molar-refractivity contribution is -0.121. The maximum Gasteiger partial charge on any atom is 0.282 e. The van der Waals surface area contributed by atoms with Crippen LogP contribution in [0.5, 0.6) is 0 Å². The number of aryl methyl sites for hydroxylation is 1. The van der Waals surface area contributed by atoms with Gasteiger partial charge in [0.2, 0.25) is 0 Å². The van der Waals surface area contributed by atoms with Crippen molar-refractivity contribution in [3.05, 3.63) is 57.9 Å². The monoisotopic (exact) mass is 382 g/mol. The van der Waals surface area contributed by atoms with E-state index in [2.05, 4.69) is 0 Å². The van der Waals surface area contributed by atoms with E-state index in [0.717, 1.165) is 10.4 Å². The molecule has 4 rings (SSSR count). The van der Waals surface area contributed by atoms with Crippen LogP contribution in [0.1, 0.15) is 24.3 Å². The molecule has 2 atom stereocenters. The summed E-state index contributed by atoms with van der Waals surface area (Å²) in [5, 5.41) is 1.93. The zero-order valence-corrected chi connectivity index (χ0v) is 16.5. The SMILES string of the molecule is Cc1cccc(N2C(=O)C(c3cccs3)=C(N3CC(C)OC(C)C3)C2=O)c1. The molecule has 2 aliphatic heterocycles. The highest BCUT2D eigenvalue weighted by Gasteiger charge is 2.44. The topological polar surface area (TPSA) is 49.9 Å². The predicted octanol–water partition coefficient (Wildman–Crippen LogP) is 3.45. The number of benzene rings is 1. The quantitative estimate of drug-likeness (QED) is 0.763. The zero-order valence-electron chi connectivity index (χ0n) is 15.6. The second-order valence-corrected chi connectivity index (χ2v) is 8.10. The smallest absolute Gasteiger partial charge is 0.282 e. The van der Waals surface area contributed by atoms with Crippen molar-refractivity contribution in [2.24, 2.45) is 0 Å². The molecule has 1 fully saturated rings. The molecule has 1 saturated heterocycles. The van der Waals surface area contributed by atoms with Gasteiger partial charge in [-0.2, -0.15) is 0 Å². The van der Waals surface area contributed by atoms with Gasteiger partial charge in [0.15, 0.2) is 0 Å². The third-order valence-corrected chi connectivity index (χ3v) is 5.71. The van der Waals surface area contributed by atoms with Crippen LogP contribution in [0.15, 0.2) is 47.5 Å². The van der Waals surface area contributed by atoms with Crippen LogP contribution in [-0.4, -0.2) is 42.0 Å². The van der Waals surface area contributed by atoms with Gasteiger partial charge in [-0.15, -0.1) is 11.3 Å². The molecule has 5 nitrogen and oxygen atoms in total. The van der Waals surface area contributed by atoms with E-state index in [0.29, 0.717) is 30.0 Å². The molecule has 0 spiro atoms. The first-order chi connectivity index (χ1) is 13.0. The van der Waals surface area contributed by atoms with Gasteiger partial charge in [-0.25, -0.2) is 4.90 Å². The normalized spacial score (nSPS) is 23.5. The zero-order chi connectivity index (χ0) is 19.1. The van der Waals surface area contributed by atoms with Crippen LogP contribution >= 0.6 is 11.3 Å². The molecule has 2 unspecified atom stereocenters. The number of rotatable bonds is 3. The molecule has 1 aromatic heterocycles. The summed E-state index contributed by atoms with van der Waals surface area (Å²) >= 11 is 1.48. The minimum atomic E-state index is -0.255. The van der Waals surface area contributed by atoms with Gasteiger partial charge in [0.25, 0.3) is 11.8 Å². The molecular weight excluding hydrogens is 360 g/mol. The second-order valence-electron chi connectivity index (χ2n) is 7.15. The molecule has 2 amide bonds. The fourth-order valence-electron chi connectivity index (χ4n) is 3.82. The van der Waals surface area contributed by atoms with Crippen molar-refractivity contribution in [2.75, 3.05) is 18.0 Å². The van der Waals surface area contributed by atoms with Gasteiger partial charge in [0.1, 0.15) is 5.70 Å². The highest BCUT2D eigenvalue weighted by Crippen LogP contribution is 2.37. The lowest BCUT2D eigenvalue weighted by Gasteiger charge is -2.37. The Bertz CT molecular complexity index is 909. The second kappa shape index (κ2) is 6.94. The number of carbonyl (C=O) groups excluding carboxylic acids is 2. The van der Waals surface area contributed by atoms with Gasteiger partial charge in [0.05, 0.1) is 23.5 Å². The van der Waals surface area contributed by atoms with Crippen molar-refractivity contribution in [1.29, 1.82) is 0 Å². The van der Waals surface area contributed by atoms with Crippen molar-refractivity contribution in [3.63, 3.8) is 0 Å². The third kappa shape index (κ3) is 3.19. The van der Waals surface area contributed by atoms with Crippen molar-refractivity contribution in [2.45, 2.75) is 33.0 Å². The third-order valence-electron chi connectivity index (χ3n) is 4.82. The van der Waals surface area contributed by atoms with Gasteiger partial charge in [-0.1, -0.05) is 18.2 Å². The molecule has 2 aromatic rings. The minimum absolute atomic E-state index is 0.00163. The number of carbonyl (C=O) groups is 2. The average molecular weight is 382 g/mol. The molecular formula is C21H22N2O3S. The first-order valence-electron chi connectivity index (χ1n) is 9.09. The van der Waals surface area contributed by atoms with E-state index in [1.165, 1.54) is 16.2 Å². The highest BCUT2D eigenvalue weighted by atomic mass is 32.1. The Morgan fingerprint density at radius 1 is 1.04 bits per heavy atom. The van der Waals surface area contributed by atoms with Crippen molar-refractivity contribution in [3.8, 4) is 0 Å². The summed E-state index contributed by atoms with van der Waals surface area (Å²) in [5.41, 5.74) is 2.61. The minimum Gasteiger partial charge on any atom is -0.372 e. The predicted molar refractivity (Wildman–Crippen MR) is 106 cm³/mol. The van der Waals surface area contributed by atoms with Crippen LogP contribution < -0.4 is 4.90 Å². The Hall–Kier alpha value is -2.44. The van der Waals surface area contributed by atoms with E-state index >= 15 is 0 Å². The molecule has 27 heavy (non-hydrogen) atoms. The number of anilines is 1. The summed E-state index contributed by atoms with van der Waals surface area (Å²) in [6.45, 7) is 7.13. The number of amides is 2. The number of thiophene rings is 1. The summed E-state index contributed by atoms with van der Waals surface area (Å²) in [6.07, 6.45) is 0.00325. The van der Waals surface area contributed by atoms with E-state index in [1.54, 1.807) is 0 Å². The molecule has 2 aliphatic rings. The highest BCUT2D eigenvalue weighted by molar-refractivity contribution is 7.11. The summed E-state index contributed by atoms with van der Waals surface area (Å²) in [5.74, 6) is -0.509. The largest absolute Gasteiger partial charge is 0.372 e. The molecule has 0 bridgehead atoms. The maximum absolute atomic E-state index is 13.4. The van der Waals surface area contributed by atoms with E-state index in [-0.39, 0.29) is 24.0 Å². The standard InChI is InChI=1S/C21H22N2O3S/c1-13-6-4-7-16(10-13)23-20(24)18(17-8-5-9-27-17)19(21(23)25)22-11-14(2)26-15(3)12-22/h4-10,14-15H,11-12H2,1-3H3. The molecule has 0 N–H and O–H groups in total. The average Bonchev–Trinajstić information content (AvgIpc) is 3.20. The number of nitrogens with zero attached hydrogens (tertiary/aromatic N) is 2. The van der Waals surface area contributed by atoms with Crippen LogP contribution in [0.2, 0.25) is 0 Å². The van der Waals surface area contributed by atoms with Crippen LogP contribution in [-0.2, 0) is 14.3 Å². The Morgan fingerprint density at radius 2 is 1.78 bits per heavy atom. The fourth-order valence-corrected chi connectivity index (χ4v) is 4.58. The Morgan fingerprint density at radius 3 is 2.41 bits per heavy atom. The van der Waals surface area contributed by atoms with Crippen LogP contribution in [0.25, 0.3) is 5.57 Å². The summed E-state index contributed by atoms with van der Waals surface area (Å²) in [4.78, 5) is 30.9. The first kappa shape index (κ1) is 17.9. The maximum atomic E-state index is 13.4. The molecule has 140 valence electrons. The van der Waals surface area contributed by atoms with Crippen molar-refractivity contribution < 1.29 is 14.3 Å². The molecule has 0 saturated carbocycles. The van der Waals surface area contributed by atoms with Gasteiger partial charge in [0, 0.05) is 18.0 Å². The lowest BCUT2D eigenvalue weighted by atomic mass is 10.1. The number of hydrogen-bond donors (Lipinski definition) is 0. The number of ether oxygens (including phenoxy) is 1. The molecule has 3 heterocycles. The summed E-state index contributed by atoms with van der Waals surface area (Å²) < 4.78 is 5.82. The van der Waals surface area contributed by atoms with E-state index in [4.69, 9.17) is 4.74 Å². The van der Waals surface area contributed by atoms with Gasteiger partial charge >= 0.3 is 0 Å². The lowest BCUT2D eigenvalue weighted by Crippen LogP contribution is -2.47. The van der Waals surface area contributed by atoms with Crippen molar-refractivity contribution >= 4 is 34.4 Å². The molecule has 6 heteroatoms. The first-order valence-corrected chi connectivity index (χ1v) is 9.97. The fraction of sp³-hybridized carbons (Fsp3) is 0.333. The van der Waals surface area contributed by atoms with Crippen LogP contribution in [0.3, 0.4) is 0 Å². The van der Waals surface area contributed by atoms with Crippen LogP contribution in [0.4, 0.5) is 5.69 Å². The molecule has 1 aromatic carbocycles. The van der Waals surface area contributed by atoms with Crippen LogP contribution in [0, 0.1) is 6.92 Å². The molecule has 0 radical (unpaired) electrons. The Labute approximate surface area is 162 Å². The van der Waals surface area contributed by atoms with E-state index in [9.17, 15) is 9.59 Å². The number of imide groups is 1. The van der Waals surface area contributed by atoms with Gasteiger partial charge < -0.3 is 9.64 Å². The number of morpholine rings is 1. The molecule has 0 aliphatic carbocycles. The Balaban J connectivity index is 1.81. The van der Waals surface area contributed by atoms with Gasteiger partial charge in [-0.05, 0) is 49.9 Å². The number of hydrogen-bond acceptors (Lipinski definition) is 5. The van der Waals surface area contributed by atoms with E-state index < -0.39 is 0 Å². The summed E-state index contributed by atoms with van der Waals surface area (Å²) in [6, 6.07) is 11.3. The Kier molecular flexibility index (Phi) is 4.61. The van der Waals surface area contributed by atoms with Gasteiger partial charge in [-0.3, -0.25) is 9.59 Å². The summed E-state index contributed by atoms with van der Waals surface area (Å²) in [7, 11) is 0. The van der Waals surface area contributed by atoms with E-state index in [1.807, 2.05) is 67.4 Å². The van der Waals surface area contributed by atoms with Crippen molar-refractivity contribution in [1.82, 2.24) is 4.90 Å².